The monoisotopic (exact) mass is 367 g/mol. The number of anilines is 2. The molecule has 0 radical (unpaired) electrons. The molecule has 3 aromatic heterocycles. The fraction of sp³-hybridized carbons (Fsp3) is 0.316. The number of aliphatic hydroxyl groups excluding tert-OH is 1. The molecule has 26 heavy (non-hydrogen) atoms. The first-order valence-corrected chi connectivity index (χ1v) is 9.63. The number of aromatic nitrogens is 3. The van der Waals surface area contributed by atoms with Crippen molar-refractivity contribution >= 4 is 23.0 Å². The quantitative estimate of drug-likeness (QED) is 0.721. The Morgan fingerprint density at radius 3 is 2.73 bits per heavy atom. The Morgan fingerprint density at radius 2 is 2.00 bits per heavy atom. The van der Waals surface area contributed by atoms with E-state index in [1.54, 1.807) is 17.5 Å². The molecule has 6 nitrogen and oxygen atoms in total. The third-order valence-electron chi connectivity index (χ3n) is 4.44. The van der Waals surface area contributed by atoms with Crippen LogP contribution in [0, 0.1) is 0 Å². The predicted octanol–water partition coefficient (Wildman–Crippen LogP) is 3.30. The van der Waals surface area contributed by atoms with Crippen LogP contribution in [0.5, 0.6) is 0 Å². The van der Waals surface area contributed by atoms with Crippen LogP contribution in [0.4, 0.5) is 11.6 Å². The number of aliphatic hydroxyl groups is 1. The molecule has 7 heteroatoms. The van der Waals surface area contributed by atoms with E-state index in [9.17, 15) is 5.11 Å². The zero-order valence-corrected chi connectivity index (χ0v) is 15.2. The number of nitrogens with zero attached hydrogens (tertiary/aromatic N) is 4. The van der Waals surface area contributed by atoms with Crippen LogP contribution in [0.3, 0.4) is 0 Å². The van der Waals surface area contributed by atoms with Crippen molar-refractivity contribution in [2.75, 3.05) is 18.4 Å². The van der Waals surface area contributed by atoms with Crippen LogP contribution in [-0.4, -0.2) is 44.2 Å². The Bertz CT molecular complexity index is 829. The zero-order valence-electron chi connectivity index (χ0n) is 14.4. The molecule has 0 atom stereocenters. The molecule has 1 aliphatic rings. The average Bonchev–Trinajstić information content (AvgIpc) is 3.20. The van der Waals surface area contributed by atoms with Gasteiger partial charge in [-0.25, -0.2) is 15.0 Å². The predicted molar refractivity (Wildman–Crippen MR) is 103 cm³/mol. The van der Waals surface area contributed by atoms with Crippen LogP contribution >= 0.6 is 11.3 Å². The van der Waals surface area contributed by atoms with Gasteiger partial charge in [0.1, 0.15) is 22.3 Å². The number of thiazole rings is 1. The molecule has 0 bridgehead atoms. The van der Waals surface area contributed by atoms with Crippen LogP contribution in [0.2, 0.25) is 0 Å². The molecule has 4 rings (SSSR count). The van der Waals surface area contributed by atoms with E-state index >= 15 is 0 Å². The van der Waals surface area contributed by atoms with Crippen molar-refractivity contribution in [2.24, 2.45) is 0 Å². The number of rotatable bonds is 5. The Morgan fingerprint density at radius 1 is 1.12 bits per heavy atom. The fourth-order valence-corrected chi connectivity index (χ4v) is 3.64. The Labute approximate surface area is 156 Å². The van der Waals surface area contributed by atoms with E-state index in [0.29, 0.717) is 0 Å². The number of pyridine rings is 2. The summed E-state index contributed by atoms with van der Waals surface area (Å²) in [6, 6.07) is 9.91. The summed E-state index contributed by atoms with van der Waals surface area (Å²) in [6.07, 6.45) is 5.26. The number of piperidine rings is 1. The van der Waals surface area contributed by atoms with Gasteiger partial charge in [-0.2, -0.15) is 0 Å². The highest BCUT2D eigenvalue weighted by atomic mass is 32.1. The first kappa shape index (κ1) is 17.1. The van der Waals surface area contributed by atoms with Gasteiger partial charge < -0.3 is 10.4 Å². The fourth-order valence-electron chi connectivity index (χ4n) is 3.03. The second-order valence-corrected chi connectivity index (χ2v) is 7.32. The first-order valence-electron chi connectivity index (χ1n) is 8.75. The second kappa shape index (κ2) is 7.90. The van der Waals surface area contributed by atoms with Crippen molar-refractivity contribution in [3.05, 3.63) is 53.7 Å². The number of likely N-dealkylation sites (tertiary alicyclic amines) is 1. The molecule has 0 spiro atoms. The third kappa shape index (κ3) is 4.24. The summed E-state index contributed by atoms with van der Waals surface area (Å²) in [7, 11) is 0. The lowest BCUT2D eigenvalue weighted by Crippen LogP contribution is -2.35. The molecule has 1 aliphatic heterocycles. The molecule has 4 heterocycles. The van der Waals surface area contributed by atoms with Crippen molar-refractivity contribution in [1.82, 2.24) is 19.9 Å². The van der Waals surface area contributed by atoms with Crippen molar-refractivity contribution in [3.63, 3.8) is 0 Å². The molecule has 0 unspecified atom stereocenters. The van der Waals surface area contributed by atoms with Crippen LogP contribution in [0.15, 0.2) is 48.1 Å². The lowest BCUT2D eigenvalue weighted by molar-refractivity contribution is 0.0792. The van der Waals surface area contributed by atoms with Crippen molar-refractivity contribution in [2.45, 2.75) is 25.5 Å². The molecule has 2 N–H and O–H groups in total. The van der Waals surface area contributed by atoms with Gasteiger partial charge in [0.15, 0.2) is 0 Å². The van der Waals surface area contributed by atoms with Gasteiger partial charge in [-0.3, -0.25) is 4.90 Å². The zero-order chi connectivity index (χ0) is 17.8. The van der Waals surface area contributed by atoms with Gasteiger partial charge in [-0.15, -0.1) is 11.3 Å². The third-order valence-corrected chi connectivity index (χ3v) is 5.24. The molecule has 3 aromatic rings. The SMILES string of the molecule is OC1CCN(Cc2ccc(Nc3cccc(-c4nccs4)n3)nc2)CC1. The van der Waals surface area contributed by atoms with E-state index in [-0.39, 0.29) is 6.10 Å². The standard InChI is InChI=1S/C19H21N5OS/c25-15-6-9-24(10-7-15)13-14-4-5-17(21-12-14)23-18-3-1-2-16(22-18)19-20-8-11-26-19/h1-5,8,11-12,15,25H,6-7,9-10,13H2,(H,21,22,23). The topological polar surface area (TPSA) is 74.2 Å². The maximum Gasteiger partial charge on any atom is 0.141 e. The molecule has 1 saturated heterocycles. The van der Waals surface area contributed by atoms with Gasteiger partial charge >= 0.3 is 0 Å². The molecular weight excluding hydrogens is 346 g/mol. The summed E-state index contributed by atoms with van der Waals surface area (Å²) in [4.78, 5) is 15.8. The molecule has 134 valence electrons. The van der Waals surface area contributed by atoms with Crippen LogP contribution in [0.25, 0.3) is 10.7 Å². The summed E-state index contributed by atoms with van der Waals surface area (Å²) in [5.74, 6) is 1.52. The highest BCUT2D eigenvalue weighted by Crippen LogP contribution is 2.22. The minimum atomic E-state index is -0.136. The highest BCUT2D eigenvalue weighted by Gasteiger charge is 2.16. The lowest BCUT2D eigenvalue weighted by atomic mass is 10.1. The van der Waals surface area contributed by atoms with Gasteiger partial charge in [0.2, 0.25) is 0 Å². The van der Waals surface area contributed by atoms with Crippen molar-refractivity contribution in [3.8, 4) is 10.7 Å². The summed E-state index contributed by atoms with van der Waals surface area (Å²) >= 11 is 1.57. The second-order valence-electron chi connectivity index (χ2n) is 6.43. The summed E-state index contributed by atoms with van der Waals surface area (Å²) in [6.45, 7) is 2.75. The number of hydrogen-bond acceptors (Lipinski definition) is 7. The number of nitrogens with one attached hydrogen (secondary N) is 1. The average molecular weight is 367 g/mol. The maximum atomic E-state index is 9.59. The number of hydrogen-bond donors (Lipinski definition) is 2. The van der Waals surface area contributed by atoms with Gasteiger partial charge in [0.05, 0.1) is 6.10 Å². The Hall–Kier alpha value is -2.35. The van der Waals surface area contributed by atoms with E-state index in [4.69, 9.17) is 0 Å². The first-order chi connectivity index (χ1) is 12.8. The molecule has 1 fully saturated rings. The van der Waals surface area contributed by atoms with Gasteiger partial charge in [-0.05, 0) is 36.6 Å². The maximum absolute atomic E-state index is 9.59. The molecule has 0 aliphatic carbocycles. The molecular formula is C19H21N5OS. The summed E-state index contributed by atoms with van der Waals surface area (Å²) in [5, 5.41) is 15.7. The van der Waals surface area contributed by atoms with E-state index in [1.807, 2.05) is 35.8 Å². The minimum Gasteiger partial charge on any atom is -0.393 e. The largest absolute Gasteiger partial charge is 0.393 e. The summed E-state index contributed by atoms with van der Waals surface area (Å²) < 4.78 is 0. The molecule has 0 aromatic carbocycles. The van der Waals surface area contributed by atoms with Crippen LogP contribution < -0.4 is 5.32 Å². The van der Waals surface area contributed by atoms with E-state index in [1.165, 1.54) is 5.56 Å². The van der Waals surface area contributed by atoms with Gasteiger partial charge in [0, 0.05) is 37.4 Å². The molecule has 0 amide bonds. The van der Waals surface area contributed by atoms with Crippen molar-refractivity contribution in [1.29, 1.82) is 0 Å². The normalized spacial score (nSPS) is 15.9. The van der Waals surface area contributed by atoms with Crippen LogP contribution in [-0.2, 0) is 6.54 Å². The van der Waals surface area contributed by atoms with Crippen molar-refractivity contribution < 1.29 is 5.11 Å². The Kier molecular flexibility index (Phi) is 5.19. The van der Waals surface area contributed by atoms with E-state index in [2.05, 4.69) is 31.2 Å². The molecule has 0 saturated carbocycles. The van der Waals surface area contributed by atoms with Crippen LogP contribution in [0.1, 0.15) is 18.4 Å². The lowest BCUT2D eigenvalue weighted by Gasteiger charge is -2.29. The Balaban J connectivity index is 1.39. The summed E-state index contributed by atoms with van der Waals surface area (Å²) in [5.41, 5.74) is 2.03. The van der Waals surface area contributed by atoms with Gasteiger partial charge in [0.25, 0.3) is 0 Å². The van der Waals surface area contributed by atoms with Gasteiger partial charge in [-0.1, -0.05) is 12.1 Å². The van der Waals surface area contributed by atoms with E-state index in [0.717, 1.165) is 54.8 Å². The minimum absolute atomic E-state index is 0.136. The smallest absolute Gasteiger partial charge is 0.141 e. The van der Waals surface area contributed by atoms with E-state index < -0.39 is 0 Å². The highest BCUT2D eigenvalue weighted by molar-refractivity contribution is 7.13.